The van der Waals surface area contributed by atoms with Crippen LogP contribution in [0.2, 0.25) is 0 Å². The van der Waals surface area contributed by atoms with Crippen molar-refractivity contribution in [2.24, 2.45) is 0 Å². The van der Waals surface area contributed by atoms with Crippen molar-refractivity contribution < 1.29 is 23.7 Å². The second kappa shape index (κ2) is 18.8. The van der Waals surface area contributed by atoms with Gasteiger partial charge in [0, 0.05) is 77.8 Å². The van der Waals surface area contributed by atoms with E-state index in [4.69, 9.17) is 0 Å². The lowest BCUT2D eigenvalue weighted by molar-refractivity contribution is -0.121. The van der Waals surface area contributed by atoms with Gasteiger partial charge in [-0.25, -0.2) is 14.8 Å². The largest absolute Gasteiger partial charge is 0.355 e. The molecule has 0 spiro atoms. The minimum atomic E-state index is -3.39. The van der Waals surface area contributed by atoms with Gasteiger partial charge < -0.3 is 10.6 Å². The minimum absolute atomic E-state index is 0.0482. The van der Waals surface area contributed by atoms with Crippen LogP contribution in [0.3, 0.4) is 0 Å². The average molecular weight is 490 g/mol. The van der Waals surface area contributed by atoms with E-state index >= 15 is 0 Å². The van der Waals surface area contributed by atoms with Gasteiger partial charge in [-0.05, 0) is 12.8 Å². The third-order valence-electron chi connectivity index (χ3n) is 4.99. The molecule has 0 heterocycles. The molecule has 0 aliphatic rings. The zero-order valence-electron chi connectivity index (χ0n) is 20.8. The van der Waals surface area contributed by atoms with Crippen molar-refractivity contribution in [2.45, 2.75) is 79.1 Å². The summed E-state index contributed by atoms with van der Waals surface area (Å²) in [5, 5.41) is 11.6. The Bertz CT molecular complexity index is 609. The fraction of sp³-hybridized carbons (Fsp3) is 0.818. The first kappa shape index (κ1) is 31.4. The first-order chi connectivity index (χ1) is 15.7. The molecule has 0 bridgehead atoms. The number of ketones is 2. The molecule has 33 heavy (non-hydrogen) atoms. The van der Waals surface area contributed by atoms with Crippen LogP contribution in [0.4, 0.5) is 0 Å². The van der Waals surface area contributed by atoms with Crippen LogP contribution in [0.15, 0.2) is 0 Å². The van der Waals surface area contributed by atoms with Crippen LogP contribution >= 0.6 is 7.59 Å². The van der Waals surface area contributed by atoms with Crippen molar-refractivity contribution in [3.63, 3.8) is 0 Å². The highest BCUT2D eigenvalue weighted by Crippen LogP contribution is 2.40. The van der Waals surface area contributed by atoms with E-state index in [1.165, 1.54) is 0 Å². The molecule has 0 aromatic heterocycles. The molecule has 0 atom stereocenters. The molecule has 0 fully saturated rings. The summed E-state index contributed by atoms with van der Waals surface area (Å²) in [4.78, 5) is 47.2. The lowest BCUT2D eigenvalue weighted by atomic mass is 10.2. The van der Waals surface area contributed by atoms with Gasteiger partial charge in [-0.2, -0.15) is 0 Å². The number of Topliss-reactive ketones (excluding diaryl/α,β-unsaturated/α-hetero) is 2. The number of amides is 2. The minimum Gasteiger partial charge on any atom is -0.355 e. The van der Waals surface area contributed by atoms with Crippen molar-refractivity contribution >= 4 is 31.0 Å². The predicted octanol–water partition coefficient (Wildman–Crippen LogP) is 2.15. The Kier molecular flexibility index (Phi) is 17.9. The van der Waals surface area contributed by atoms with Gasteiger partial charge in [-0.3, -0.25) is 23.7 Å². The monoisotopic (exact) mass is 489 g/mol. The zero-order chi connectivity index (χ0) is 25.1. The Hall–Kier alpha value is -1.61. The summed E-state index contributed by atoms with van der Waals surface area (Å²) in [5.41, 5.74) is 0. The van der Waals surface area contributed by atoms with Crippen molar-refractivity contribution in [3.05, 3.63) is 0 Å². The number of hydrogen-bond donors (Lipinski definition) is 4. The summed E-state index contributed by atoms with van der Waals surface area (Å²) < 4.78 is 15.5. The number of nitrogens with one attached hydrogen (secondary N) is 4. The summed E-state index contributed by atoms with van der Waals surface area (Å²) in [6.07, 6.45) is 3.58. The van der Waals surface area contributed by atoms with E-state index < -0.39 is 7.59 Å². The van der Waals surface area contributed by atoms with Crippen LogP contribution < -0.4 is 20.8 Å². The van der Waals surface area contributed by atoms with Crippen molar-refractivity contribution in [3.8, 4) is 0 Å². The molecular formula is C22H44N5O5P. The smallest absolute Gasteiger partial charge is 0.281 e. The maximum absolute atomic E-state index is 13.9. The molecule has 0 saturated carbocycles. The van der Waals surface area contributed by atoms with E-state index in [2.05, 4.69) is 20.8 Å². The molecule has 10 nitrogen and oxygen atoms in total. The summed E-state index contributed by atoms with van der Waals surface area (Å²) in [6, 6.07) is 0. The third kappa shape index (κ3) is 15.0. The van der Waals surface area contributed by atoms with Gasteiger partial charge in [0.1, 0.15) is 11.6 Å². The fourth-order valence-corrected chi connectivity index (χ4v) is 5.06. The standard InChI is InChI=1S/C22H44N5O5P/c1-5-9-21(30)23-13-15-25-33(32,26-16-14-24-22(31)10-6-2)27(17-11-19(28)7-3)18-12-20(29)8-4/h5-18H2,1-4H3,(H,23,30)(H,24,31)(H2,25,26,32). The average Bonchev–Trinajstić information content (AvgIpc) is 2.79. The highest BCUT2D eigenvalue weighted by Gasteiger charge is 2.30. The van der Waals surface area contributed by atoms with E-state index in [0.29, 0.717) is 38.8 Å². The topological polar surface area (TPSA) is 137 Å². The van der Waals surface area contributed by atoms with Gasteiger partial charge in [-0.15, -0.1) is 0 Å². The highest BCUT2D eigenvalue weighted by molar-refractivity contribution is 7.57. The van der Waals surface area contributed by atoms with Crippen LogP contribution in [0.1, 0.15) is 79.1 Å². The van der Waals surface area contributed by atoms with Crippen molar-refractivity contribution in [1.82, 2.24) is 25.5 Å². The molecule has 4 N–H and O–H groups in total. The van der Waals surface area contributed by atoms with Crippen molar-refractivity contribution in [1.29, 1.82) is 0 Å². The lowest BCUT2D eigenvalue weighted by Crippen LogP contribution is -2.42. The van der Waals surface area contributed by atoms with Crippen LogP contribution in [0, 0.1) is 0 Å². The maximum atomic E-state index is 13.9. The first-order valence-electron chi connectivity index (χ1n) is 12.1. The molecule has 0 aromatic rings. The normalized spacial score (nSPS) is 11.4. The Morgan fingerprint density at radius 3 is 1.36 bits per heavy atom. The Labute approximate surface area is 198 Å². The van der Waals surface area contributed by atoms with E-state index in [1.54, 1.807) is 18.5 Å². The SMILES string of the molecule is CCCC(=O)NCCNP(=O)(NCCNC(=O)CCC)N(CCC(=O)CC)CCC(=O)CC. The van der Waals surface area contributed by atoms with E-state index in [0.717, 1.165) is 12.8 Å². The predicted molar refractivity (Wildman–Crippen MR) is 131 cm³/mol. The molecule has 0 unspecified atom stereocenters. The molecule has 0 aromatic carbocycles. The number of nitrogens with zero attached hydrogens (tertiary/aromatic N) is 1. The number of hydrogen-bond acceptors (Lipinski definition) is 5. The van der Waals surface area contributed by atoms with Crippen molar-refractivity contribution in [2.75, 3.05) is 39.3 Å². The fourth-order valence-electron chi connectivity index (χ4n) is 2.96. The van der Waals surface area contributed by atoms with E-state index in [-0.39, 0.29) is 62.4 Å². The van der Waals surface area contributed by atoms with Gasteiger partial charge >= 0.3 is 0 Å². The van der Waals surface area contributed by atoms with Gasteiger partial charge in [0.2, 0.25) is 11.8 Å². The van der Waals surface area contributed by atoms with Crippen LogP contribution in [-0.2, 0) is 23.7 Å². The second-order valence-corrected chi connectivity index (χ2v) is 10.2. The molecule has 192 valence electrons. The summed E-state index contributed by atoms with van der Waals surface area (Å²) in [7, 11) is -3.39. The van der Waals surface area contributed by atoms with Gasteiger partial charge in [0.15, 0.2) is 0 Å². The number of carbonyl (C=O) groups is 4. The molecule has 0 saturated heterocycles. The second-order valence-electron chi connectivity index (χ2n) is 7.83. The number of rotatable bonds is 21. The quantitative estimate of drug-likeness (QED) is 0.142. The Balaban J connectivity index is 5.26. The Morgan fingerprint density at radius 2 is 1.03 bits per heavy atom. The molecule has 11 heteroatoms. The molecule has 0 radical (unpaired) electrons. The molecule has 0 aliphatic carbocycles. The summed E-state index contributed by atoms with van der Waals surface area (Å²) in [6.45, 7) is 8.98. The summed E-state index contributed by atoms with van der Waals surface area (Å²) >= 11 is 0. The van der Waals surface area contributed by atoms with E-state index in [1.807, 2.05) is 13.8 Å². The number of carbonyl (C=O) groups excluding carboxylic acids is 4. The molecule has 2 amide bonds. The lowest BCUT2D eigenvalue weighted by Gasteiger charge is -2.32. The van der Waals surface area contributed by atoms with Crippen LogP contribution in [0.5, 0.6) is 0 Å². The molecule has 0 rings (SSSR count). The van der Waals surface area contributed by atoms with Crippen LogP contribution in [0.25, 0.3) is 0 Å². The third-order valence-corrected chi connectivity index (χ3v) is 7.49. The summed E-state index contributed by atoms with van der Waals surface area (Å²) in [5.74, 6) is -0.0432. The van der Waals surface area contributed by atoms with Gasteiger partial charge in [0.05, 0.1) is 0 Å². The molecule has 0 aliphatic heterocycles. The highest BCUT2D eigenvalue weighted by atomic mass is 31.2. The van der Waals surface area contributed by atoms with Crippen LogP contribution in [-0.4, -0.2) is 67.3 Å². The zero-order valence-corrected chi connectivity index (χ0v) is 21.7. The van der Waals surface area contributed by atoms with Gasteiger partial charge in [-0.1, -0.05) is 27.7 Å². The van der Waals surface area contributed by atoms with E-state index in [9.17, 15) is 23.7 Å². The first-order valence-corrected chi connectivity index (χ1v) is 13.8. The maximum Gasteiger partial charge on any atom is 0.281 e. The molecular weight excluding hydrogens is 445 g/mol. The van der Waals surface area contributed by atoms with Gasteiger partial charge in [0.25, 0.3) is 7.59 Å². The Morgan fingerprint density at radius 1 is 0.636 bits per heavy atom.